The van der Waals surface area contributed by atoms with Crippen LogP contribution in [0.1, 0.15) is 13.3 Å². The third-order valence-electron chi connectivity index (χ3n) is 0.547. The quantitative estimate of drug-likeness (QED) is 0.469. The van der Waals surface area contributed by atoms with E-state index in [4.69, 9.17) is 17.2 Å². The van der Waals surface area contributed by atoms with Gasteiger partial charge in [0, 0.05) is 6.61 Å². The van der Waals surface area contributed by atoms with Gasteiger partial charge in [0.2, 0.25) is 0 Å². The molecule has 3 N–H and O–H groups in total. The second-order valence-electron chi connectivity index (χ2n) is 1.45. The van der Waals surface area contributed by atoms with Crippen molar-refractivity contribution < 1.29 is 36.7 Å². The van der Waals surface area contributed by atoms with Gasteiger partial charge in [0.1, 0.15) is 0 Å². The van der Waals surface area contributed by atoms with Gasteiger partial charge >= 0.3 is 26.5 Å². The van der Waals surface area contributed by atoms with Crippen molar-refractivity contribution in [3.63, 3.8) is 0 Å². The third-order valence-corrected chi connectivity index (χ3v) is 0.547. The minimum absolute atomic E-state index is 0.0810. The van der Waals surface area contributed by atoms with Crippen LogP contribution in [-0.2, 0) is 22.8 Å². The summed E-state index contributed by atoms with van der Waals surface area (Å²) in [6.45, 7) is 1.73. The molecular weight excluding hydrogens is 160 g/mol. The molecule has 0 aromatic carbocycles. The second-order valence-corrected chi connectivity index (χ2v) is 1.74. The normalized spacial score (nSPS) is 10.7. The summed E-state index contributed by atoms with van der Waals surface area (Å²) in [6, 6.07) is 0. The fourth-order valence-electron chi connectivity index (χ4n) is 0.187. The molecule has 0 aliphatic heterocycles. The molecule has 5 heteroatoms. The van der Waals surface area contributed by atoms with Crippen molar-refractivity contribution in [2.45, 2.75) is 19.4 Å². The zero-order valence-electron chi connectivity index (χ0n) is 5.24. The molecule has 0 aliphatic carbocycles. The summed E-state index contributed by atoms with van der Waals surface area (Å²) in [4.78, 5) is 0. The van der Waals surface area contributed by atoms with Gasteiger partial charge in [-0.3, -0.25) is 0 Å². The predicted octanol–water partition coefficient (Wildman–Crippen LogP) is -0.929. The maximum atomic E-state index is 8.61. The van der Waals surface area contributed by atoms with Crippen LogP contribution in [0.4, 0.5) is 0 Å². The molecule has 0 aliphatic rings. The molecule has 0 fully saturated rings. The van der Waals surface area contributed by atoms with Crippen LogP contribution in [0, 0.1) is 0 Å². The summed E-state index contributed by atoms with van der Waals surface area (Å²) in [5.74, 6) is 0. The van der Waals surface area contributed by atoms with Crippen molar-refractivity contribution in [2.75, 3.05) is 6.61 Å². The van der Waals surface area contributed by atoms with Crippen molar-refractivity contribution in [1.82, 2.24) is 0 Å². The fraction of sp³-hybridized carbons (Fsp3) is 1.00. The van der Waals surface area contributed by atoms with Crippen LogP contribution in [-0.4, -0.2) is 26.6 Å². The van der Waals surface area contributed by atoms with E-state index in [2.05, 4.69) is 0 Å². The first-order valence-corrected chi connectivity index (χ1v) is 3.82. The van der Waals surface area contributed by atoms with Gasteiger partial charge in [-0.2, -0.15) is 0 Å². The standard InChI is InChI=1S/C4H10O2.H2O.O.Ti/c1-4(6)2-3-5;;;/h4-6H,2-3H2,1H3;1H2;;/q;;;+1/p-1. The molecule has 0 saturated carbocycles. The number of hydrogen-bond acceptors (Lipinski definition) is 3. The van der Waals surface area contributed by atoms with Crippen LogP contribution < -0.4 is 0 Å². The van der Waals surface area contributed by atoms with E-state index in [0.717, 1.165) is 0 Å². The van der Waals surface area contributed by atoms with Gasteiger partial charge in [-0.15, -0.1) is 0 Å². The van der Waals surface area contributed by atoms with E-state index in [9.17, 15) is 0 Å². The van der Waals surface area contributed by atoms with Gasteiger partial charge in [0.15, 0.2) is 0 Å². The van der Waals surface area contributed by atoms with Crippen LogP contribution in [0.2, 0.25) is 0 Å². The molecule has 9 heavy (non-hydrogen) atoms. The Morgan fingerprint density at radius 2 is 2.00 bits per heavy atom. The number of hydrogen-bond donors (Lipinski definition) is 3. The number of rotatable bonds is 2. The zero-order chi connectivity index (χ0) is 7.70. The molecule has 0 rings (SSSR count). The molecular formula is C4H11O4Ti. The van der Waals surface area contributed by atoms with Gasteiger partial charge in [0.25, 0.3) is 0 Å². The monoisotopic (exact) mass is 171 g/mol. The summed E-state index contributed by atoms with van der Waals surface area (Å²) in [5, 5.41) is 16.5. The Bertz CT molecular complexity index is 56.5. The predicted molar refractivity (Wildman–Crippen MR) is 26.3 cm³/mol. The van der Waals surface area contributed by atoms with Crippen molar-refractivity contribution in [1.29, 1.82) is 0 Å². The van der Waals surface area contributed by atoms with Gasteiger partial charge in [-0.1, -0.05) is 0 Å². The topological polar surface area (TPSA) is 77.8 Å². The average molecular weight is 171 g/mol. The van der Waals surface area contributed by atoms with E-state index >= 15 is 0 Å². The summed E-state index contributed by atoms with van der Waals surface area (Å²) in [6.07, 6.45) is 0.134. The molecule has 0 aromatic rings. The Kier molecular flexibility index (Phi) is 15.1. The van der Waals surface area contributed by atoms with E-state index in [1.807, 2.05) is 0 Å². The molecule has 55 valence electrons. The molecule has 1 unspecified atom stereocenters. The first-order valence-electron chi connectivity index (χ1n) is 2.49. The Labute approximate surface area is 63.2 Å². The molecule has 0 aromatic heterocycles. The average Bonchev–Trinajstić information content (AvgIpc) is 1.67. The summed E-state index contributed by atoms with van der Waals surface area (Å²) in [7, 11) is 0. The van der Waals surface area contributed by atoms with Crippen molar-refractivity contribution in [3.05, 3.63) is 0 Å². The fourth-order valence-corrected chi connectivity index (χ4v) is 0.187. The molecule has 0 spiro atoms. The van der Waals surface area contributed by atoms with E-state index in [1.165, 1.54) is 0 Å². The number of aliphatic hydroxyl groups excluding tert-OH is 2. The van der Waals surface area contributed by atoms with Crippen LogP contribution in [0.25, 0.3) is 0 Å². The molecule has 4 nitrogen and oxygen atoms in total. The SMILES string of the molecule is CC(O)CCO.[O]=[Ti][OH]. The zero-order valence-corrected chi connectivity index (χ0v) is 6.80. The van der Waals surface area contributed by atoms with Crippen molar-refractivity contribution >= 4 is 0 Å². The molecule has 1 atom stereocenters. The molecule has 0 bridgehead atoms. The summed E-state index contributed by atoms with van der Waals surface area (Å²) < 4.78 is 15.8. The third kappa shape index (κ3) is 29.8. The molecule has 0 radical (unpaired) electrons. The van der Waals surface area contributed by atoms with Crippen LogP contribution in [0.5, 0.6) is 0 Å². The Morgan fingerprint density at radius 1 is 1.67 bits per heavy atom. The second kappa shape index (κ2) is 11.2. The minimum atomic E-state index is -1.75. The van der Waals surface area contributed by atoms with Gasteiger partial charge in [0.05, 0.1) is 6.10 Å². The van der Waals surface area contributed by atoms with Crippen LogP contribution in [0.15, 0.2) is 0 Å². The van der Waals surface area contributed by atoms with Crippen molar-refractivity contribution in [2.24, 2.45) is 0 Å². The first-order chi connectivity index (χ1) is 4.18. The Balaban J connectivity index is 0. The Morgan fingerprint density at radius 3 is 2.00 bits per heavy atom. The molecule has 0 amide bonds. The Hall–Kier alpha value is 0.394. The van der Waals surface area contributed by atoms with Crippen LogP contribution in [0.3, 0.4) is 0 Å². The van der Waals surface area contributed by atoms with E-state index in [-0.39, 0.29) is 12.7 Å². The van der Waals surface area contributed by atoms with E-state index in [1.54, 1.807) is 6.92 Å². The maximum absolute atomic E-state index is 8.61. The molecule has 0 saturated heterocycles. The van der Waals surface area contributed by atoms with E-state index < -0.39 is 19.5 Å². The number of aliphatic hydroxyl groups is 2. The van der Waals surface area contributed by atoms with Crippen LogP contribution >= 0.6 is 0 Å². The first kappa shape index (κ1) is 12.1. The van der Waals surface area contributed by atoms with Gasteiger partial charge < -0.3 is 10.2 Å². The molecule has 0 heterocycles. The van der Waals surface area contributed by atoms with E-state index in [0.29, 0.717) is 6.42 Å². The van der Waals surface area contributed by atoms with Gasteiger partial charge in [-0.25, -0.2) is 0 Å². The summed E-state index contributed by atoms with van der Waals surface area (Å²) in [5.41, 5.74) is 0. The van der Waals surface area contributed by atoms with Crippen molar-refractivity contribution in [3.8, 4) is 0 Å². The summed E-state index contributed by atoms with van der Waals surface area (Å²) >= 11 is -1.75. The van der Waals surface area contributed by atoms with Gasteiger partial charge in [-0.05, 0) is 13.3 Å².